The van der Waals surface area contributed by atoms with E-state index in [1.807, 2.05) is 38.1 Å². The fraction of sp³-hybridized carbons (Fsp3) is 0.519. The summed E-state index contributed by atoms with van der Waals surface area (Å²) >= 11 is 7.15. The van der Waals surface area contributed by atoms with Gasteiger partial charge in [-0.1, -0.05) is 97.7 Å². The van der Waals surface area contributed by atoms with Gasteiger partial charge in [-0.2, -0.15) is 0 Å². The summed E-state index contributed by atoms with van der Waals surface area (Å²) in [6.07, 6.45) is 0. The van der Waals surface area contributed by atoms with Gasteiger partial charge in [-0.15, -0.1) is 0 Å². The number of rotatable bonds is 6. The van der Waals surface area contributed by atoms with Crippen molar-refractivity contribution in [2.24, 2.45) is 0 Å². The molecule has 0 aliphatic carbocycles. The Bertz CT molecular complexity index is 918. The summed E-state index contributed by atoms with van der Waals surface area (Å²) in [4.78, 5) is 13.8. The van der Waals surface area contributed by atoms with E-state index in [9.17, 15) is 15.0 Å². The molecule has 0 aromatic heterocycles. The first-order valence-electron chi connectivity index (χ1n) is 11.0. The van der Waals surface area contributed by atoms with Gasteiger partial charge in [0.2, 0.25) is 0 Å². The van der Waals surface area contributed by atoms with Crippen LogP contribution < -0.4 is 0 Å². The molecule has 0 spiro atoms. The predicted molar refractivity (Wildman–Crippen MR) is 141 cm³/mol. The SMILES string of the molecule is Cc1cc(C(CBr)C(=O)C(CBr)c2cc(C)c(O)c(C(C)(C)C)c2)cc(C(C)(C)C)c1O. The number of aromatic hydroxyl groups is 2. The van der Waals surface area contributed by atoms with E-state index in [4.69, 9.17) is 0 Å². The van der Waals surface area contributed by atoms with Gasteiger partial charge in [-0.3, -0.25) is 4.79 Å². The zero-order valence-electron chi connectivity index (χ0n) is 20.4. The van der Waals surface area contributed by atoms with Crippen molar-refractivity contribution in [2.75, 3.05) is 10.7 Å². The number of aryl methyl sites for hydroxylation is 2. The fourth-order valence-corrected chi connectivity index (χ4v) is 5.45. The van der Waals surface area contributed by atoms with Crippen molar-refractivity contribution >= 4 is 37.6 Å². The van der Waals surface area contributed by atoms with E-state index in [0.717, 1.165) is 33.4 Å². The van der Waals surface area contributed by atoms with Crippen molar-refractivity contribution in [3.63, 3.8) is 0 Å². The molecule has 0 fully saturated rings. The number of benzene rings is 2. The van der Waals surface area contributed by atoms with Crippen molar-refractivity contribution in [1.82, 2.24) is 0 Å². The molecule has 2 unspecified atom stereocenters. The zero-order valence-corrected chi connectivity index (χ0v) is 23.6. The highest BCUT2D eigenvalue weighted by Gasteiger charge is 2.32. The van der Waals surface area contributed by atoms with Gasteiger partial charge in [0.05, 0.1) is 11.8 Å². The number of carbonyl (C=O) groups excluding carboxylic acids is 1. The normalized spacial score (nSPS) is 14.3. The summed E-state index contributed by atoms with van der Waals surface area (Å²) in [5.41, 5.74) is 4.57. The van der Waals surface area contributed by atoms with Crippen molar-refractivity contribution in [2.45, 2.75) is 78.1 Å². The predicted octanol–water partition coefficient (Wildman–Crippen LogP) is 7.54. The molecule has 0 aliphatic rings. The molecule has 0 aliphatic heterocycles. The van der Waals surface area contributed by atoms with Crippen LogP contribution in [0.1, 0.15) is 86.8 Å². The lowest BCUT2D eigenvalue weighted by atomic mass is 9.78. The number of ketones is 1. The van der Waals surface area contributed by atoms with Crippen LogP contribution in [-0.4, -0.2) is 26.7 Å². The van der Waals surface area contributed by atoms with Gasteiger partial charge >= 0.3 is 0 Å². The van der Waals surface area contributed by atoms with Gasteiger partial charge < -0.3 is 10.2 Å². The third-order valence-corrected chi connectivity index (χ3v) is 7.36. The van der Waals surface area contributed by atoms with Crippen molar-refractivity contribution in [3.8, 4) is 11.5 Å². The maximum absolute atomic E-state index is 13.8. The fourth-order valence-electron chi connectivity index (χ4n) is 4.06. The summed E-state index contributed by atoms with van der Waals surface area (Å²) in [6, 6.07) is 7.78. The number of alkyl halides is 2. The van der Waals surface area contributed by atoms with Crippen molar-refractivity contribution < 1.29 is 15.0 Å². The van der Waals surface area contributed by atoms with Crippen LogP contribution >= 0.6 is 31.9 Å². The lowest BCUT2D eigenvalue weighted by Gasteiger charge is -2.27. The summed E-state index contributed by atoms with van der Waals surface area (Å²) in [6.45, 7) is 16.1. The Labute approximate surface area is 209 Å². The van der Waals surface area contributed by atoms with Gasteiger partial charge in [0.1, 0.15) is 17.3 Å². The molecule has 0 saturated heterocycles. The first-order valence-corrected chi connectivity index (χ1v) is 13.2. The molecule has 0 radical (unpaired) electrons. The summed E-state index contributed by atoms with van der Waals surface area (Å²) in [5.74, 6) is -0.0185. The molecular weight excluding hydrogens is 532 g/mol. The van der Waals surface area contributed by atoms with Gasteiger partial charge in [0.15, 0.2) is 0 Å². The Balaban J connectivity index is 2.59. The van der Waals surface area contributed by atoms with E-state index in [1.165, 1.54) is 0 Å². The van der Waals surface area contributed by atoms with Crippen LogP contribution in [0.3, 0.4) is 0 Å². The number of phenols is 2. The third kappa shape index (κ3) is 5.59. The molecular formula is C27H36Br2O3. The molecule has 32 heavy (non-hydrogen) atoms. The van der Waals surface area contributed by atoms with Gasteiger partial charge in [-0.05, 0) is 58.1 Å². The average Bonchev–Trinajstić information content (AvgIpc) is 2.66. The van der Waals surface area contributed by atoms with Gasteiger partial charge in [0.25, 0.3) is 0 Å². The minimum absolute atomic E-state index is 0.105. The highest BCUT2D eigenvalue weighted by atomic mass is 79.9. The largest absolute Gasteiger partial charge is 0.507 e. The monoisotopic (exact) mass is 566 g/mol. The van der Waals surface area contributed by atoms with Crippen LogP contribution in [0.25, 0.3) is 0 Å². The van der Waals surface area contributed by atoms with Crippen LogP contribution in [-0.2, 0) is 15.6 Å². The van der Waals surface area contributed by atoms with Crippen LogP contribution in [0.5, 0.6) is 11.5 Å². The minimum atomic E-state index is -0.356. The van der Waals surface area contributed by atoms with Gasteiger partial charge in [0, 0.05) is 10.7 Å². The average molecular weight is 568 g/mol. The summed E-state index contributed by atoms with van der Waals surface area (Å²) in [5, 5.41) is 22.2. The third-order valence-electron chi connectivity index (χ3n) is 6.06. The maximum atomic E-state index is 13.8. The van der Waals surface area contributed by atoms with Crippen molar-refractivity contribution in [3.05, 3.63) is 57.6 Å². The van der Waals surface area contributed by atoms with E-state index in [0.29, 0.717) is 22.2 Å². The topological polar surface area (TPSA) is 57.5 Å². The number of halogens is 2. The molecule has 176 valence electrons. The smallest absolute Gasteiger partial charge is 0.149 e. The first-order chi connectivity index (χ1) is 14.6. The van der Waals surface area contributed by atoms with Crippen LogP contribution in [0, 0.1) is 13.8 Å². The molecule has 2 aromatic carbocycles. The molecule has 5 heteroatoms. The number of carbonyl (C=O) groups is 1. The Hall–Kier alpha value is -1.33. The van der Waals surface area contributed by atoms with E-state index in [-0.39, 0.29) is 28.4 Å². The summed E-state index contributed by atoms with van der Waals surface area (Å²) in [7, 11) is 0. The van der Waals surface area contributed by atoms with E-state index < -0.39 is 0 Å². The highest BCUT2D eigenvalue weighted by Crippen LogP contribution is 2.40. The quantitative estimate of drug-likeness (QED) is 0.354. The molecule has 2 rings (SSSR count). The Morgan fingerprint density at radius 1 is 0.750 bits per heavy atom. The molecule has 0 saturated carbocycles. The second-order valence-electron chi connectivity index (χ2n) is 10.8. The Morgan fingerprint density at radius 2 is 1.06 bits per heavy atom. The molecule has 2 atom stereocenters. The zero-order chi connectivity index (χ0) is 24.6. The molecule has 2 N–H and O–H groups in total. The summed E-state index contributed by atoms with van der Waals surface area (Å²) < 4.78 is 0. The standard InChI is InChI=1S/C27H36Br2O3/c1-15-9-17(11-21(23(15)30)26(3,4)5)19(13-28)25(32)20(14-29)18-10-16(2)24(31)22(12-18)27(6,7)8/h9-12,19-20,30-31H,13-14H2,1-8H3. The molecule has 3 nitrogen and oxygen atoms in total. The van der Waals surface area contributed by atoms with E-state index in [1.54, 1.807) is 0 Å². The van der Waals surface area contributed by atoms with Crippen LogP contribution in [0.4, 0.5) is 0 Å². The minimum Gasteiger partial charge on any atom is -0.507 e. The second kappa shape index (κ2) is 9.89. The van der Waals surface area contributed by atoms with Gasteiger partial charge in [-0.25, -0.2) is 0 Å². The lowest BCUT2D eigenvalue weighted by molar-refractivity contribution is -0.121. The Morgan fingerprint density at radius 3 is 1.31 bits per heavy atom. The number of hydrogen-bond acceptors (Lipinski definition) is 3. The number of hydrogen-bond donors (Lipinski definition) is 2. The second-order valence-corrected chi connectivity index (χ2v) is 12.1. The first kappa shape index (κ1) is 26.9. The number of Topliss-reactive ketones (excluding diaryl/α,β-unsaturated/α-hetero) is 1. The van der Waals surface area contributed by atoms with Crippen LogP contribution in [0.2, 0.25) is 0 Å². The Kier molecular flexibility index (Phi) is 8.32. The highest BCUT2D eigenvalue weighted by molar-refractivity contribution is 9.09. The van der Waals surface area contributed by atoms with E-state index >= 15 is 0 Å². The lowest BCUT2D eigenvalue weighted by Crippen LogP contribution is -2.24. The van der Waals surface area contributed by atoms with Crippen LogP contribution in [0.15, 0.2) is 24.3 Å². The molecule has 0 amide bonds. The molecule has 2 aromatic rings. The maximum Gasteiger partial charge on any atom is 0.149 e. The molecule has 0 bridgehead atoms. The number of phenolic OH excluding ortho intramolecular Hbond substituents is 2. The van der Waals surface area contributed by atoms with Crippen molar-refractivity contribution in [1.29, 1.82) is 0 Å². The van der Waals surface area contributed by atoms with E-state index in [2.05, 4.69) is 73.4 Å². The molecule has 0 heterocycles.